The second-order valence-corrected chi connectivity index (χ2v) is 6.50. The monoisotopic (exact) mass is 341 g/mol. The second-order valence-electron chi connectivity index (χ2n) is 6.50. The Hall–Kier alpha value is -2.63. The molecule has 1 aromatic carbocycles. The molecule has 1 N–H and O–H groups in total. The molecule has 3 rings (SSSR count). The van der Waals surface area contributed by atoms with Gasteiger partial charge in [-0.05, 0) is 49.3 Å². The van der Waals surface area contributed by atoms with Crippen LogP contribution >= 0.6 is 0 Å². The van der Waals surface area contributed by atoms with Gasteiger partial charge in [-0.3, -0.25) is 9.48 Å². The van der Waals surface area contributed by atoms with Crippen molar-refractivity contribution in [2.75, 3.05) is 6.61 Å². The van der Waals surface area contributed by atoms with E-state index in [0.29, 0.717) is 5.56 Å². The first kappa shape index (κ1) is 17.2. The summed E-state index contributed by atoms with van der Waals surface area (Å²) < 4.78 is 6.53. The third kappa shape index (κ3) is 4.26. The van der Waals surface area contributed by atoms with Crippen molar-refractivity contribution in [1.29, 1.82) is 0 Å². The lowest BCUT2D eigenvalue weighted by Gasteiger charge is -2.20. The third-order valence-corrected chi connectivity index (χ3v) is 4.52. The fourth-order valence-corrected chi connectivity index (χ4v) is 3.13. The van der Waals surface area contributed by atoms with E-state index in [2.05, 4.69) is 28.6 Å². The molecule has 6 nitrogen and oxygen atoms in total. The van der Waals surface area contributed by atoms with Crippen LogP contribution in [0.1, 0.15) is 52.9 Å². The maximum Gasteiger partial charge on any atom is 0.341 e. The normalized spacial score (nSPS) is 14.5. The fourth-order valence-electron chi connectivity index (χ4n) is 3.13. The molecule has 0 fully saturated rings. The molecule has 6 heteroatoms. The number of amides is 1. The Morgan fingerprint density at radius 2 is 2.04 bits per heavy atom. The quantitative estimate of drug-likeness (QED) is 0.847. The molecule has 1 heterocycles. The highest BCUT2D eigenvalue weighted by atomic mass is 16.5. The predicted molar refractivity (Wildman–Crippen MR) is 93.1 cm³/mol. The van der Waals surface area contributed by atoms with Gasteiger partial charge in [0, 0.05) is 13.2 Å². The van der Waals surface area contributed by atoms with Crippen LogP contribution in [-0.2, 0) is 29.4 Å². The molecule has 1 unspecified atom stereocenters. The standard InChI is InChI=1S/C19H23N3O3/c1-13(15-8-7-14-5-3-4-6-16(14)9-15)21-18(23)12-25-19(24)17-10-20-22(2)11-17/h7-11,13H,3-6,12H2,1-2H3,(H,21,23). The highest BCUT2D eigenvalue weighted by Gasteiger charge is 2.16. The lowest BCUT2D eigenvalue weighted by molar-refractivity contribution is -0.124. The maximum absolute atomic E-state index is 12.0. The smallest absolute Gasteiger partial charge is 0.341 e. The number of ether oxygens (including phenoxy) is 1. The molecule has 0 spiro atoms. The van der Waals surface area contributed by atoms with Gasteiger partial charge in [0.05, 0.1) is 17.8 Å². The van der Waals surface area contributed by atoms with Crippen molar-refractivity contribution in [3.63, 3.8) is 0 Å². The van der Waals surface area contributed by atoms with E-state index in [4.69, 9.17) is 4.74 Å². The summed E-state index contributed by atoms with van der Waals surface area (Å²) in [5.74, 6) is -0.868. The van der Waals surface area contributed by atoms with Gasteiger partial charge < -0.3 is 10.1 Å². The van der Waals surface area contributed by atoms with Crippen LogP contribution in [0.25, 0.3) is 0 Å². The molecule has 1 atom stereocenters. The molecular weight excluding hydrogens is 318 g/mol. The van der Waals surface area contributed by atoms with Crippen LogP contribution in [0.15, 0.2) is 30.6 Å². The van der Waals surface area contributed by atoms with Crippen molar-refractivity contribution in [1.82, 2.24) is 15.1 Å². The number of esters is 1. The van der Waals surface area contributed by atoms with Gasteiger partial charge in [0.1, 0.15) is 0 Å². The molecule has 0 bridgehead atoms. The zero-order valence-electron chi connectivity index (χ0n) is 14.6. The molecule has 1 amide bonds. The summed E-state index contributed by atoms with van der Waals surface area (Å²) in [6.07, 6.45) is 7.68. The van der Waals surface area contributed by atoms with Crippen molar-refractivity contribution >= 4 is 11.9 Å². The first-order chi connectivity index (χ1) is 12.0. The number of fused-ring (bicyclic) bond motifs is 1. The number of hydrogen-bond acceptors (Lipinski definition) is 4. The molecule has 0 aliphatic heterocycles. The first-order valence-electron chi connectivity index (χ1n) is 8.60. The molecule has 25 heavy (non-hydrogen) atoms. The number of carbonyl (C=O) groups is 2. The zero-order valence-corrected chi connectivity index (χ0v) is 14.6. The van der Waals surface area contributed by atoms with E-state index >= 15 is 0 Å². The van der Waals surface area contributed by atoms with Gasteiger partial charge in [-0.2, -0.15) is 5.10 Å². The average molecular weight is 341 g/mol. The highest BCUT2D eigenvalue weighted by Crippen LogP contribution is 2.24. The summed E-state index contributed by atoms with van der Waals surface area (Å²) in [6.45, 7) is 1.63. The SMILES string of the molecule is CC(NC(=O)COC(=O)c1cnn(C)c1)c1ccc2c(c1)CCCC2. The summed E-state index contributed by atoms with van der Waals surface area (Å²) in [5.41, 5.74) is 4.21. The summed E-state index contributed by atoms with van der Waals surface area (Å²) in [7, 11) is 1.71. The Bertz CT molecular complexity index is 782. The van der Waals surface area contributed by atoms with E-state index in [0.717, 1.165) is 18.4 Å². The van der Waals surface area contributed by atoms with E-state index < -0.39 is 5.97 Å². The van der Waals surface area contributed by atoms with Crippen molar-refractivity contribution in [3.05, 3.63) is 52.8 Å². The maximum atomic E-state index is 12.0. The minimum Gasteiger partial charge on any atom is -0.452 e. The Labute approximate surface area is 147 Å². The van der Waals surface area contributed by atoms with Gasteiger partial charge in [0.2, 0.25) is 0 Å². The van der Waals surface area contributed by atoms with Crippen LogP contribution in [0.2, 0.25) is 0 Å². The molecule has 2 aromatic rings. The highest BCUT2D eigenvalue weighted by molar-refractivity contribution is 5.90. The number of nitrogens with zero attached hydrogens (tertiary/aromatic N) is 2. The van der Waals surface area contributed by atoms with E-state index in [-0.39, 0.29) is 18.6 Å². The van der Waals surface area contributed by atoms with Gasteiger partial charge in [-0.25, -0.2) is 4.79 Å². The van der Waals surface area contributed by atoms with E-state index in [1.807, 2.05) is 6.92 Å². The van der Waals surface area contributed by atoms with Gasteiger partial charge >= 0.3 is 5.97 Å². The first-order valence-corrected chi connectivity index (χ1v) is 8.60. The van der Waals surface area contributed by atoms with E-state index in [1.165, 1.54) is 34.8 Å². The van der Waals surface area contributed by atoms with Crippen LogP contribution in [0.5, 0.6) is 0 Å². The molecule has 1 aliphatic carbocycles. The molecule has 132 valence electrons. The minimum atomic E-state index is -0.551. The van der Waals surface area contributed by atoms with Crippen molar-refractivity contribution in [2.24, 2.45) is 7.05 Å². The molecule has 1 aromatic heterocycles. The van der Waals surface area contributed by atoms with Gasteiger partial charge in [-0.1, -0.05) is 18.2 Å². The van der Waals surface area contributed by atoms with E-state index in [1.54, 1.807) is 13.2 Å². The average Bonchev–Trinajstić information content (AvgIpc) is 3.05. The van der Waals surface area contributed by atoms with Gasteiger partial charge in [0.15, 0.2) is 6.61 Å². The van der Waals surface area contributed by atoms with Gasteiger partial charge in [-0.15, -0.1) is 0 Å². The zero-order chi connectivity index (χ0) is 17.8. The Kier molecular flexibility index (Phi) is 5.16. The summed E-state index contributed by atoms with van der Waals surface area (Å²) >= 11 is 0. The lowest BCUT2D eigenvalue weighted by atomic mass is 9.89. The number of aromatic nitrogens is 2. The Morgan fingerprint density at radius 3 is 2.76 bits per heavy atom. The molecule has 0 saturated carbocycles. The molecule has 1 aliphatic rings. The molecule has 0 saturated heterocycles. The largest absolute Gasteiger partial charge is 0.452 e. The fraction of sp³-hybridized carbons (Fsp3) is 0.421. The third-order valence-electron chi connectivity index (χ3n) is 4.52. The summed E-state index contributed by atoms with van der Waals surface area (Å²) in [4.78, 5) is 23.9. The van der Waals surface area contributed by atoms with Gasteiger partial charge in [0.25, 0.3) is 5.91 Å². The number of hydrogen-bond donors (Lipinski definition) is 1. The topological polar surface area (TPSA) is 73.2 Å². The van der Waals surface area contributed by atoms with Crippen LogP contribution in [0, 0.1) is 0 Å². The number of aryl methyl sites for hydroxylation is 3. The lowest BCUT2D eigenvalue weighted by Crippen LogP contribution is -2.31. The number of rotatable bonds is 5. The number of benzene rings is 1. The second kappa shape index (κ2) is 7.51. The number of carbonyl (C=O) groups excluding carboxylic acids is 2. The number of nitrogens with one attached hydrogen (secondary N) is 1. The van der Waals surface area contributed by atoms with Crippen molar-refractivity contribution in [2.45, 2.75) is 38.6 Å². The van der Waals surface area contributed by atoms with Crippen molar-refractivity contribution < 1.29 is 14.3 Å². The van der Waals surface area contributed by atoms with Crippen LogP contribution in [0.3, 0.4) is 0 Å². The Balaban J connectivity index is 1.53. The van der Waals surface area contributed by atoms with Crippen LogP contribution < -0.4 is 5.32 Å². The molecular formula is C19H23N3O3. The predicted octanol–water partition coefficient (Wildman–Crippen LogP) is 2.33. The molecule has 0 radical (unpaired) electrons. The Morgan fingerprint density at radius 1 is 1.28 bits per heavy atom. The van der Waals surface area contributed by atoms with Crippen molar-refractivity contribution in [3.8, 4) is 0 Å². The minimum absolute atomic E-state index is 0.128. The summed E-state index contributed by atoms with van der Waals surface area (Å²) in [6, 6.07) is 6.28. The van der Waals surface area contributed by atoms with Crippen LogP contribution in [-0.4, -0.2) is 28.3 Å². The summed E-state index contributed by atoms with van der Waals surface area (Å²) in [5, 5.41) is 6.78. The van der Waals surface area contributed by atoms with Crippen LogP contribution in [0.4, 0.5) is 0 Å². The van der Waals surface area contributed by atoms with E-state index in [9.17, 15) is 9.59 Å².